The van der Waals surface area contributed by atoms with Crippen molar-refractivity contribution in [3.63, 3.8) is 0 Å². The molecule has 0 saturated carbocycles. The molecule has 20 heavy (non-hydrogen) atoms. The van der Waals surface area contributed by atoms with Crippen molar-refractivity contribution in [2.75, 3.05) is 0 Å². The molecule has 0 bridgehead atoms. The van der Waals surface area contributed by atoms with Crippen LogP contribution in [0.5, 0.6) is 0 Å². The Bertz CT molecular complexity index is 577. The SMILES string of the molecule is Cc1ccc(C(N)Cc2ncnn2CC(C)C)cc1Br. The van der Waals surface area contributed by atoms with Gasteiger partial charge in [-0.3, -0.25) is 0 Å². The zero-order chi connectivity index (χ0) is 14.7. The van der Waals surface area contributed by atoms with Gasteiger partial charge in [-0.15, -0.1) is 0 Å². The second-order valence-corrected chi connectivity index (χ2v) is 6.43. The van der Waals surface area contributed by atoms with Crippen molar-refractivity contribution in [3.8, 4) is 0 Å². The van der Waals surface area contributed by atoms with E-state index in [2.05, 4.69) is 65.0 Å². The van der Waals surface area contributed by atoms with Crippen LogP contribution in [0.25, 0.3) is 0 Å². The Kier molecular flexibility index (Phi) is 4.94. The molecule has 0 spiro atoms. The molecule has 0 aliphatic carbocycles. The fourth-order valence-corrected chi connectivity index (χ4v) is 2.50. The summed E-state index contributed by atoms with van der Waals surface area (Å²) in [7, 11) is 0. The summed E-state index contributed by atoms with van der Waals surface area (Å²) in [5.41, 5.74) is 8.63. The first-order valence-corrected chi connectivity index (χ1v) is 7.65. The third-order valence-corrected chi connectivity index (χ3v) is 4.11. The Balaban J connectivity index is 2.13. The molecule has 1 atom stereocenters. The molecule has 0 amide bonds. The number of aromatic nitrogens is 3. The zero-order valence-corrected chi connectivity index (χ0v) is 13.8. The molecule has 1 aromatic heterocycles. The van der Waals surface area contributed by atoms with Gasteiger partial charge < -0.3 is 5.73 Å². The van der Waals surface area contributed by atoms with Gasteiger partial charge in [0.2, 0.25) is 0 Å². The van der Waals surface area contributed by atoms with Crippen molar-refractivity contribution in [3.05, 3.63) is 46.0 Å². The van der Waals surface area contributed by atoms with Gasteiger partial charge in [-0.25, -0.2) is 9.67 Å². The summed E-state index contributed by atoms with van der Waals surface area (Å²) in [6.07, 6.45) is 2.30. The Morgan fingerprint density at radius 2 is 2.10 bits per heavy atom. The summed E-state index contributed by atoms with van der Waals surface area (Å²) < 4.78 is 3.04. The van der Waals surface area contributed by atoms with Crippen molar-refractivity contribution in [2.24, 2.45) is 11.7 Å². The highest BCUT2D eigenvalue weighted by Gasteiger charge is 2.13. The molecule has 2 rings (SSSR count). The van der Waals surface area contributed by atoms with E-state index in [0.29, 0.717) is 12.3 Å². The van der Waals surface area contributed by atoms with E-state index in [1.807, 2.05) is 4.68 Å². The minimum Gasteiger partial charge on any atom is -0.324 e. The molecule has 0 aliphatic rings. The summed E-state index contributed by atoms with van der Waals surface area (Å²) in [5, 5.41) is 4.28. The van der Waals surface area contributed by atoms with Gasteiger partial charge in [0.05, 0.1) is 0 Å². The molecule has 5 heteroatoms. The van der Waals surface area contributed by atoms with Crippen molar-refractivity contribution < 1.29 is 0 Å². The molecule has 1 unspecified atom stereocenters. The summed E-state index contributed by atoms with van der Waals surface area (Å²) in [4.78, 5) is 4.33. The topological polar surface area (TPSA) is 56.7 Å². The lowest BCUT2D eigenvalue weighted by Crippen LogP contribution is -2.18. The molecule has 0 saturated heterocycles. The van der Waals surface area contributed by atoms with Gasteiger partial charge in [0.1, 0.15) is 12.2 Å². The highest BCUT2D eigenvalue weighted by Crippen LogP contribution is 2.22. The lowest BCUT2D eigenvalue weighted by Gasteiger charge is -2.14. The number of nitrogens with two attached hydrogens (primary N) is 1. The minimum atomic E-state index is -0.0676. The summed E-state index contributed by atoms with van der Waals surface area (Å²) in [5.74, 6) is 1.49. The lowest BCUT2D eigenvalue weighted by molar-refractivity contribution is 0.459. The lowest BCUT2D eigenvalue weighted by atomic mass is 10.0. The van der Waals surface area contributed by atoms with Crippen molar-refractivity contribution in [1.82, 2.24) is 14.8 Å². The van der Waals surface area contributed by atoms with Crippen LogP contribution in [0, 0.1) is 12.8 Å². The van der Waals surface area contributed by atoms with Gasteiger partial charge >= 0.3 is 0 Å². The fourth-order valence-electron chi connectivity index (χ4n) is 2.10. The monoisotopic (exact) mass is 336 g/mol. The number of aryl methyl sites for hydroxylation is 1. The third-order valence-electron chi connectivity index (χ3n) is 3.26. The van der Waals surface area contributed by atoms with Crippen LogP contribution in [0.15, 0.2) is 29.0 Å². The molecule has 0 radical (unpaired) electrons. The predicted molar refractivity (Wildman–Crippen MR) is 84.4 cm³/mol. The zero-order valence-electron chi connectivity index (χ0n) is 12.2. The number of rotatable bonds is 5. The molecular formula is C15H21BrN4. The molecular weight excluding hydrogens is 316 g/mol. The van der Waals surface area contributed by atoms with Crippen LogP contribution in [0.1, 0.15) is 36.8 Å². The normalized spacial score (nSPS) is 12.9. The van der Waals surface area contributed by atoms with E-state index in [4.69, 9.17) is 5.73 Å². The maximum Gasteiger partial charge on any atom is 0.138 e. The number of halogens is 1. The van der Waals surface area contributed by atoms with E-state index < -0.39 is 0 Å². The standard InChI is InChI=1S/C15H21BrN4/c1-10(2)8-20-15(18-9-19-20)7-14(17)12-5-4-11(3)13(16)6-12/h4-6,9-10,14H,7-8,17H2,1-3H3. The second kappa shape index (κ2) is 6.50. The Morgan fingerprint density at radius 1 is 1.35 bits per heavy atom. The Hall–Kier alpha value is -1.20. The first-order chi connectivity index (χ1) is 9.47. The van der Waals surface area contributed by atoms with E-state index in [1.165, 1.54) is 5.56 Å². The summed E-state index contributed by atoms with van der Waals surface area (Å²) >= 11 is 3.55. The molecule has 1 aromatic carbocycles. The smallest absolute Gasteiger partial charge is 0.138 e. The molecule has 2 N–H and O–H groups in total. The van der Waals surface area contributed by atoms with Crippen molar-refractivity contribution in [2.45, 2.75) is 39.8 Å². The molecule has 0 aliphatic heterocycles. The average molecular weight is 337 g/mol. The molecule has 4 nitrogen and oxygen atoms in total. The first kappa shape index (κ1) is 15.2. The van der Waals surface area contributed by atoms with Crippen molar-refractivity contribution in [1.29, 1.82) is 0 Å². The predicted octanol–water partition coefficient (Wildman–Crippen LogP) is 3.25. The van der Waals surface area contributed by atoms with Crippen LogP contribution in [-0.2, 0) is 13.0 Å². The van der Waals surface area contributed by atoms with Crippen LogP contribution < -0.4 is 5.73 Å². The third kappa shape index (κ3) is 3.67. The summed E-state index contributed by atoms with van der Waals surface area (Å²) in [6, 6.07) is 6.18. The van der Waals surface area contributed by atoms with Crippen LogP contribution in [-0.4, -0.2) is 14.8 Å². The van der Waals surface area contributed by atoms with Gasteiger partial charge in [-0.2, -0.15) is 5.10 Å². The van der Waals surface area contributed by atoms with E-state index in [9.17, 15) is 0 Å². The van der Waals surface area contributed by atoms with Crippen LogP contribution in [0.2, 0.25) is 0 Å². The Labute approximate surface area is 128 Å². The van der Waals surface area contributed by atoms with Gasteiger partial charge in [-0.05, 0) is 30.0 Å². The Morgan fingerprint density at radius 3 is 2.75 bits per heavy atom. The van der Waals surface area contributed by atoms with Gasteiger partial charge in [0, 0.05) is 23.5 Å². The number of hydrogen-bond acceptors (Lipinski definition) is 3. The van der Waals surface area contributed by atoms with E-state index in [1.54, 1.807) is 6.33 Å². The van der Waals surface area contributed by atoms with E-state index >= 15 is 0 Å². The van der Waals surface area contributed by atoms with Crippen LogP contribution in [0.4, 0.5) is 0 Å². The maximum absolute atomic E-state index is 6.30. The molecule has 0 fully saturated rings. The summed E-state index contributed by atoms with van der Waals surface area (Å²) in [6.45, 7) is 7.28. The van der Waals surface area contributed by atoms with Crippen LogP contribution >= 0.6 is 15.9 Å². The van der Waals surface area contributed by atoms with E-state index in [0.717, 1.165) is 22.4 Å². The van der Waals surface area contributed by atoms with Gasteiger partial charge in [0.15, 0.2) is 0 Å². The maximum atomic E-state index is 6.30. The molecule has 2 aromatic rings. The van der Waals surface area contributed by atoms with Crippen LogP contribution in [0.3, 0.4) is 0 Å². The van der Waals surface area contributed by atoms with Gasteiger partial charge in [-0.1, -0.05) is 41.9 Å². The molecule has 1 heterocycles. The highest BCUT2D eigenvalue weighted by molar-refractivity contribution is 9.10. The number of benzene rings is 1. The minimum absolute atomic E-state index is 0.0676. The first-order valence-electron chi connectivity index (χ1n) is 6.85. The number of hydrogen-bond donors (Lipinski definition) is 1. The highest BCUT2D eigenvalue weighted by atomic mass is 79.9. The fraction of sp³-hybridized carbons (Fsp3) is 0.467. The van der Waals surface area contributed by atoms with Crippen molar-refractivity contribution >= 4 is 15.9 Å². The second-order valence-electron chi connectivity index (χ2n) is 5.57. The van der Waals surface area contributed by atoms with Gasteiger partial charge in [0.25, 0.3) is 0 Å². The van der Waals surface area contributed by atoms with E-state index in [-0.39, 0.29) is 6.04 Å². The number of nitrogens with zero attached hydrogens (tertiary/aromatic N) is 3. The molecule has 108 valence electrons. The average Bonchev–Trinajstić information content (AvgIpc) is 2.79. The largest absolute Gasteiger partial charge is 0.324 e. The quantitative estimate of drug-likeness (QED) is 0.911.